The first kappa shape index (κ1) is 35.5. The topological polar surface area (TPSA) is 48.5 Å². The number of aromatic nitrogens is 5. The summed E-state index contributed by atoms with van der Waals surface area (Å²) >= 11 is 0. The molecule has 5 nitrogen and oxygen atoms in total. The number of rotatable bonds is 7. The first-order valence-electron chi connectivity index (χ1n) is 20.9. The van der Waals surface area contributed by atoms with Crippen molar-refractivity contribution < 1.29 is 0 Å². The third-order valence-corrected chi connectivity index (χ3v) is 11.9. The van der Waals surface area contributed by atoms with Crippen LogP contribution in [0.1, 0.15) is 0 Å². The molecule has 0 aliphatic heterocycles. The second kappa shape index (κ2) is 14.7. The SMILES string of the molecule is c1ccc(-c2cc(-c3ccccc3)cc(-n3c4ccccc4c4c3ccc3c5ccccc5n(-c5cccc(-c6nc(-c7ccccc7)nc(-c7ccccc7)n6)c5)c34)c2)cc1. The van der Waals surface area contributed by atoms with Gasteiger partial charge in [-0.2, -0.15) is 0 Å². The van der Waals surface area contributed by atoms with Crippen molar-refractivity contribution in [3.05, 3.63) is 224 Å². The fourth-order valence-electron chi connectivity index (χ4n) is 9.11. The summed E-state index contributed by atoms with van der Waals surface area (Å²) in [7, 11) is 0. The molecular weight excluding hydrogens is 755 g/mol. The van der Waals surface area contributed by atoms with Crippen LogP contribution in [0.25, 0.3) is 111 Å². The van der Waals surface area contributed by atoms with Crippen LogP contribution in [0.15, 0.2) is 224 Å². The summed E-state index contributed by atoms with van der Waals surface area (Å²) in [6, 6.07) is 79.4. The van der Waals surface area contributed by atoms with Crippen LogP contribution in [0.3, 0.4) is 0 Å². The molecule has 5 heteroatoms. The van der Waals surface area contributed by atoms with Crippen molar-refractivity contribution in [3.8, 4) is 67.8 Å². The summed E-state index contributed by atoms with van der Waals surface area (Å²) in [4.78, 5) is 15.2. The molecule has 0 unspecified atom stereocenters. The number of para-hydroxylation sites is 2. The van der Waals surface area contributed by atoms with Crippen molar-refractivity contribution in [2.45, 2.75) is 0 Å². The zero-order valence-electron chi connectivity index (χ0n) is 33.6. The summed E-state index contributed by atoms with van der Waals surface area (Å²) in [5.74, 6) is 1.89. The fraction of sp³-hybridized carbons (Fsp3) is 0. The fourth-order valence-corrected chi connectivity index (χ4v) is 9.11. The summed E-state index contributed by atoms with van der Waals surface area (Å²) in [5, 5.41) is 4.78. The van der Waals surface area contributed by atoms with E-state index in [2.05, 4.69) is 173 Å². The van der Waals surface area contributed by atoms with E-state index in [9.17, 15) is 0 Å². The van der Waals surface area contributed by atoms with Crippen LogP contribution in [0.2, 0.25) is 0 Å². The van der Waals surface area contributed by atoms with Gasteiger partial charge in [0.25, 0.3) is 0 Å². The van der Waals surface area contributed by atoms with E-state index in [4.69, 9.17) is 15.0 Å². The van der Waals surface area contributed by atoms with Crippen molar-refractivity contribution in [3.63, 3.8) is 0 Å². The Labute approximate surface area is 358 Å². The maximum atomic E-state index is 5.10. The van der Waals surface area contributed by atoms with Crippen LogP contribution in [0, 0.1) is 0 Å². The highest BCUT2D eigenvalue weighted by molar-refractivity contribution is 6.26. The van der Waals surface area contributed by atoms with E-state index in [0.717, 1.165) is 50.1 Å². The summed E-state index contributed by atoms with van der Waals surface area (Å²) in [5.41, 5.74) is 14.2. The maximum Gasteiger partial charge on any atom is 0.164 e. The van der Waals surface area contributed by atoms with Gasteiger partial charge in [0, 0.05) is 49.6 Å². The van der Waals surface area contributed by atoms with E-state index in [0.29, 0.717) is 17.5 Å². The minimum atomic E-state index is 0.620. The highest BCUT2D eigenvalue weighted by Gasteiger charge is 2.22. The lowest BCUT2D eigenvalue weighted by Crippen LogP contribution is -2.01. The average Bonchev–Trinajstić information content (AvgIpc) is 3.88. The molecule has 0 fully saturated rings. The van der Waals surface area contributed by atoms with Gasteiger partial charge in [0.2, 0.25) is 0 Å². The molecular formula is C57H37N5. The van der Waals surface area contributed by atoms with Gasteiger partial charge >= 0.3 is 0 Å². The van der Waals surface area contributed by atoms with Gasteiger partial charge in [-0.05, 0) is 70.8 Å². The first-order valence-corrected chi connectivity index (χ1v) is 20.9. The minimum Gasteiger partial charge on any atom is -0.309 e. The Morgan fingerprint density at radius 2 is 0.710 bits per heavy atom. The Bertz CT molecular complexity index is 3500. The smallest absolute Gasteiger partial charge is 0.164 e. The molecule has 12 aromatic rings. The van der Waals surface area contributed by atoms with Crippen LogP contribution in [-0.2, 0) is 0 Å². The quantitative estimate of drug-likeness (QED) is 0.162. The standard InChI is InChI=1S/C57H37N5/c1-5-18-38(19-6-1)43-34-44(39-20-7-2-8-21-39)37-46(36-43)61-51-31-16-14-29-49(51)53-52(61)33-32-48-47-28-13-15-30-50(47)62(54(48)53)45-27-17-26-42(35-45)57-59-55(40-22-9-3-10-23-40)58-56(60-57)41-24-11-4-12-25-41/h1-37H. The Balaban J connectivity index is 1.11. The normalized spacial score (nSPS) is 11.5. The van der Waals surface area contributed by atoms with E-state index in [1.54, 1.807) is 0 Å². The minimum absolute atomic E-state index is 0.620. The van der Waals surface area contributed by atoms with E-state index in [1.165, 1.54) is 43.8 Å². The molecule has 9 aromatic carbocycles. The van der Waals surface area contributed by atoms with Crippen molar-refractivity contribution in [1.29, 1.82) is 0 Å². The van der Waals surface area contributed by atoms with Crippen molar-refractivity contribution in [1.82, 2.24) is 24.1 Å². The number of hydrogen-bond donors (Lipinski definition) is 0. The van der Waals surface area contributed by atoms with Gasteiger partial charge in [0.15, 0.2) is 17.5 Å². The molecule has 290 valence electrons. The molecule has 0 saturated heterocycles. The molecule has 0 spiro atoms. The number of hydrogen-bond acceptors (Lipinski definition) is 3. The van der Waals surface area contributed by atoms with Gasteiger partial charge in [-0.1, -0.05) is 176 Å². The lowest BCUT2D eigenvalue weighted by atomic mass is 9.98. The van der Waals surface area contributed by atoms with Crippen molar-refractivity contribution >= 4 is 43.6 Å². The molecule has 0 N–H and O–H groups in total. The molecule has 0 aliphatic rings. The zero-order chi connectivity index (χ0) is 41.0. The van der Waals surface area contributed by atoms with Crippen molar-refractivity contribution in [2.24, 2.45) is 0 Å². The highest BCUT2D eigenvalue weighted by Crippen LogP contribution is 2.43. The molecule has 3 heterocycles. The van der Waals surface area contributed by atoms with Gasteiger partial charge in [0.1, 0.15) is 0 Å². The van der Waals surface area contributed by atoms with Gasteiger partial charge in [-0.15, -0.1) is 0 Å². The van der Waals surface area contributed by atoms with E-state index < -0.39 is 0 Å². The largest absolute Gasteiger partial charge is 0.309 e. The molecule has 0 radical (unpaired) electrons. The van der Waals surface area contributed by atoms with Gasteiger partial charge in [-0.25, -0.2) is 15.0 Å². The molecule has 12 rings (SSSR count). The maximum absolute atomic E-state index is 5.10. The molecule has 62 heavy (non-hydrogen) atoms. The van der Waals surface area contributed by atoms with E-state index in [1.807, 2.05) is 60.7 Å². The van der Waals surface area contributed by atoms with Gasteiger partial charge < -0.3 is 9.13 Å². The van der Waals surface area contributed by atoms with E-state index >= 15 is 0 Å². The third kappa shape index (κ3) is 5.98. The average molecular weight is 792 g/mol. The second-order valence-electron chi connectivity index (χ2n) is 15.7. The predicted octanol–water partition coefficient (Wildman–Crippen LogP) is 14.4. The highest BCUT2D eigenvalue weighted by atomic mass is 15.0. The Morgan fingerprint density at radius 1 is 0.258 bits per heavy atom. The Morgan fingerprint density at radius 3 is 1.29 bits per heavy atom. The lowest BCUT2D eigenvalue weighted by molar-refractivity contribution is 1.07. The Kier molecular flexibility index (Phi) is 8.42. The zero-order valence-corrected chi connectivity index (χ0v) is 33.6. The lowest BCUT2D eigenvalue weighted by Gasteiger charge is -2.14. The molecule has 0 aliphatic carbocycles. The van der Waals surface area contributed by atoms with Crippen LogP contribution in [0.5, 0.6) is 0 Å². The van der Waals surface area contributed by atoms with Crippen molar-refractivity contribution in [2.75, 3.05) is 0 Å². The van der Waals surface area contributed by atoms with Crippen LogP contribution in [0.4, 0.5) is 0 Å². The summed E-state index contributed by atoms with van der Waals surface area (Å²) < 4.78 is 4.88. The van der Waals surface area contributed by atoms with Crippen LogP contribution in [-0.4, -0.2) is 24.1 Å². The van der Waals surface area contributed by atoms with E-state index in [-0.39, 0.29) is 0 Å². The summed E-state index contributed by atoms with van der Waals surface area (Å²) in [6.45, 7) is 0. The third-order valence-electron chi connectivity index (χ3n) is 11.9. The first-order chi connectivity index (χ1) is 30.7. The molecule has 0 amide bonds. The number of benzene rings is 9. The molecule has 0 atom stereocenters. The molecule has 0 bridgehead atoms. The summed E-state index contributed by atoms with van der Waals surface area (Å²) in [6.07, 6.45) is 0. The second-order valence-corrected chi connectivity index (χ2v) is 15.7. The number of nitrogens with zero attached hydrogens (tertiary/aromatic N) is 5. The monoisotopic (exact) mass is 791 g/mol. The predicted molar refractivity (Wildman–Crippen MR) is 256 cm³/mol. The van der Waals surface area contributed by atoms with Gasteiger partial charge in [0.05, 0.1) is 22.1 Å². The Hall–Kier alpha value is -8.41. The van der Waals surface area contributed by atoms with Gasteiger partial charge in [-0.3, -0.25) is 0 Å². The van der Waals surface area contributed by atoms with Crippen LogP contribution >= 0.6 is 0 Å². The molecule has 3 aromatic heterocycles. The number of fused-ring (bicyclic) bond motifs is 7. The molecule has 0 saturated carbocycles. The van der Waals surface area contributed by atoms with Crippen LogP contribution < -0.4 is 0 Å².